The van der Waals surface area contributed by atoms with Crippen LogP contribution in [0.4, 0.5) is 0 Å². The van der Waals surface area contributed by atoms with Crippen LogP contribution >= 0.6 is 0 Å². The van der Waals surface area contributed by atoms with E-state index in [4.69, 9.17) is 11.0 Å². The highest BCUT2D eigenvalue weighted by molar-refractivity contribution is 6.32. The monoisotopic (exact) mass is 505 g/mol. The lowest BCUT2D eigenvalue weighted by Gasteiger charge is -2.52. The van der Waals surface area contributed by atoms with E-state index in [1.807, 2.05) is 6.07 Å². The number of nitrogens with two attached hydrogens (primary N) is 1. The standard InChI is InChI=1S/C27H27N3O7/c1-30(2)21-16-12-14-11-15-13(7-5-3-4-6-10-28)8-9-17(31)19(15)22(32)18(14)24(34)27(16,37)25(35)20(23(21)33)26(29)36/h8-9,14,16,18,20-21,31,37H,3-4,6,11-12H2,1-2H3,(H2,29,36). The Morgan fingerprint density at radius 1 is 1.19 bits per heavy atom. The van der Waals surface area contributed by atoms with Crippen molar-refractivity contribution >= 4 is 29.0 Å². The molecule has 0 heterocycles. The molecule has 4 N–H and O–H groups in total. The molecule has 0 bridgehead atoms. The number of benzene rings is 1. The maximum Gasteiger partial charge on any atom is 0.235 e. The van der Waals surface area contributed by atoms with Gasteiger partial charge in [-0.25, -0.2) is 0 Å². The van der Waals surface area contributed by atoms with Crippen LogP contribution < -0.4 is 5.73 Å². The maximum atomic E-state index is 13.7. The second-order valence-electron chi connectivity index (χ2n) is 10.1. The number of phenols is 1. The summed E-state index contributed by atoms with van der Waals surface area (Å²) in [6.07, 6.45) is 1.55. The van der Waals surface area contributed by atoms with Crippen LogP contribution in [0.25, 0.3) is 0 Å². The number of unbranched alkanes of at least 4 members (excludes halogenated alkanes) is 2. The van der Waals surface area contributed by atoms with E-state index in [0.29, 0.717) is 30.4 Å². The number of aliphatic hydroxyl groups is 1. The lowest BCUT2D eigenvalue weighted by molar-refractivity contribution is -0.181. The summed E-state index contributed by atoms with van der Waals surface area (Å²) >= 11 is 0. The van der Waals surface area contributed by atoms with Gasteiger partial charge in [-0.3, -0.25) is 28.9 Å². The summed E-state index contributed by atoms with van der Waals surface area (Å²) in [4.78, 5) is 67.2. The third-order valence-electron chi connectivity index (χ3n) is 7.76. The number of aromatic hydroxyl groups is 1. The van der Waals surface area contributed by atoms with Crippen molar-refractivity contribution in [1.82, 2.24) is 4.90 Å². The number of Topliss-reactive ketones (excluding diaryl/α,β-unsaturated/α-hetero) is 4. The molecule has 37 heavy (non-hydrogen) atoms. The molecule has 0 saturated heterocycles. The molecule has 1 aromatic rings. The van der Waals surface area contributed by atoms with Crippen molar-refractivity contribution < 1.29 is 34.2 Å². The smallest absolute Gasteiger partial charge is 0.235 e. The predicted octanol–water partition coefficient (Wildman–Crippen LogP) is -0.0876. The van der Waals surface area contributed by atoms with Crippen LogP contribution in [0.15, 0.2) is 12.1 Å². The number of carbonyl (C=O) groups excluding carboxylic acids is 5. The van der Waals surface area contributed by atoms with Gasteiger partial charge in [0.25, 0.3) is 0 Å². The molecule has 0 aromatic heterocycles. The molecular formula is C27H27N3O7. The number of hydrogen-bond acceptors (Lipinski definition) is 9. The van der Waals surface area contributed by atoms with Gasteiger partial charge in [0.05, 0.1) is 23.6 Å². The number of fused-ring (bicyclic) bond motifs is 3. The third-order valence-corrected chi connectivity index (χ3v) is 7.76. The van der Waals surface area contributed by atoms with Gasteiger partial charge in [-0.15, -0.1) is 0 Å². The Morgan fingerprint density at radius 3 is 2.51 bits per heavy atom. The topological polar surface area (TPSA) is 179 Å². The Bertz CT molecular complexity index is 1330. The van der Waals surface area contributed by atoms with Crippen molar-refractivity contribution in [2.45, 2.75) is 43.7 Å². The number of likely N-dealkylation sites (N-methyl/N-ethyl adjacent to an activating group) is 1. The second-order valence-corrected chi connectivity index (χ2v) is 10.1. The van der Waals surface area contributed by atoms with Gasteiger partial charge in [0, 0.05) is 24.3 Å². The number of amides is 1. The fourth-order valence-corrected chi connectivity index (χ4v) is 6.14. The van der Waals surface area contributed by atoms with Crippen LogP contribution in [-0.4, -0.2) is 69.9 Å². The molecule has 1 aromatic carbocycles. The first-order valence-corrected chi connectivity index (χ1v) is 12.0. The Hall–Kier alpha value is -3.86. The summed E-state index contributed by atoms with van der Waals surface area (Å²) in [5.74, 6) is -4.84. The fraction of sp³-hybridized carbons (Fsp3) is 0.481. The summed E-state index contributed by atoms with van der Waals surface area (Å²) in [5.41, 5.74) is 3.44. The zero-order valence-corrected chi connectivity index (χ0v) is 20.5. The van der Waals surface area contributed by atoms with Crippen molar-refractivity contribution in [1.29, 1.82) is 5.26 Å². The van der Waals surface area contributed by atoms with Crippen molar-refractivity contribution in [3.05, 3.63) is 28.8 Å². The molecule has 3 aliphatic carbocycles. The van der Waals surface area contributed by atoms with E-state index in [-0.39, 0.29) is 24.2 Å². The molecule has 0 radical (unpaired) electrons. The second kappa shape index (κ2) is 9.55. The molecule has 6 atom stereocenters. The lowest BCUT2D eigenvalue weighted by Crippen LogP contribution is -2.74. The van der Waals surface area contributed by atoms with Crippen LogP contribution in [0.1, 0.15) is 47.2 Å². The van der Waals surface area contributed by atoms with E-state index in [1.54, 1.807) is 6.07 Å². The number of primary amides is 1. The van der Waals surface area contributed by atoms with Gasteiger partial charge in [-0.2, -0.15) is 5.26 Å². The average Bonchev–Trinajstić information content (AvgIpc) is 2.82. The van der Waals surface area contributed by atoms with Crippen LogP contribution in [-0.2, 0) is 25.6 Å². The lowest BCUT2D eigenvalue weighted by atomic mass is 9.52. The highest BCUT2D eigenvalue weighted by Crippen LogP contribution is 2.50. The molecule has 2 fully saturated rings. The number of ketones is 4. The Balaban J connectivity index is 1.80. The number of carbonyl (C=O) groups is 5. The van der Waals surface area contributed by atoms with E-state index in [2.05, 4.69) is 11.8 Å². The summed E-state index contributed by atoms with van der Waals surface area (Å²) in [5, 5.41) is 30.8. The molecule has 0 aliphatic heterocycles. The van der Waals surface area contributed by atoms with E-state index in [9.17, 15) is 34.2 Å². The Morgan fingerprint density at radius 2 is 1.89 bits per heavy atom. The minimum Gasteiger partial charge on any atom is -0.507 e. The van der Waals surface area contributed by atoms with Gasteiger partial charge in [-0.05, 0) is 57.0 Å². The average molecular weight is 506 g/mol. The predicted molar refractivity (Wildman–Crippen MR) is 128 cm³/mol. The molecule has 10 heteroatoms. The first-order chi connectivity index (χ1) is 17.5. The zero-order chi connectivity index (χ0) is 27.2. The SMILES string of the molecule is CN(C)C1C(=O)C(C(N)=O)C(=O)C2(O)C(=O)C3C(=O)c4c(O)ccc(C#CCCCC#N)c4CC3CC12. The highest BCUT2D eigenvalue weighted by atomic mass is 16.3. The largest absolute Gasteiger partial charge is 0.507 e. The summed E-state index contributed by atoms with van der Waals surface area (Å²) < 4.78 is 0. The number of nitriles is 1. The number of rotatable bonds is 4. The molecular weight excluding hydrogens is 478 g/mol. The van der Waals surface area contributed by atoms with E-state index in [1.165, 1.54) is 25.1 Å². The van der Waals surface area contributed by atoms with Crippen molar-refractivity contribution in [3.8, 4) is 23.7 Å². The van der Waals surface area contributed by atoms with E-state index >= 15 is 0 Å². The number of hydrogen-bond donors (Lipinski definition) is 3. The summed E-state index contributed by atoms with van der Waals surface area (Å²) in [6.45, 7) is 0. The van der Waals surface area contributed by atoms with Gasteiger partial charge >= 0.3 is 0 Å². The molecule has 3 aliphatic rings. The van der Waals surface area contributed by atoms with Gasteiger partial charge in [0.15, 0.2) is 34.7 Å². The molecule has 2 saturated carbocycles. The highest BCUT2D eigenvalue weighted by Gasteiger charge is 2.69. The van der Waals surface area contributed by atoms with Crippen LogP contribution in [0.5, 0.6) is 5.75 Å². The molecule has 0 spiro atoms. The van der Waals surface area contributed by atoms with E-state index in [0.717, 1.165) is 0 Å². The minimum absolute atomic E-state index is 0.0193. The molecule has 1 amide bonds. The van der Waals surface area contributed by atoms with Crippen LogP contribution in [0.3, 0.4) is 0 Å². The quantitative estimate of drug-likeness (QED) is 0.286. The molecule has 6 unspecified atom stereocenters. The Labute approximate surface area is 213 Å². The molecule has 4 rings (SSSR count). The van der Waals surface area contributed by atoms with Gasteiger partial charge < -0.3 is 15.9 Å². The van der Waals surface area contributed by atoms with Gasteiger partial charge in [0.2, 0.25) is 5.91 Å². The summed E-state index contributed by atoms with van der Waals surface area (Å²) in [6, 6.07) is 3.77. The van der Waals surface area contributed by atoms with Crippen molar-refractivity contribution in [2.75, 3.05) is 14.1 Å². The van der Waals surface area contributed by atoms with Crippen LogP contribution in [0, 0.1) is 46.8 Å². The molecule has 10 nitrogen and oxygen atoms in total. The maximum absolute atomic E-state index is 13.7. The number of phenolic OH excluding ortho intramolecular Hbond substituents is 1. The Kier molecular flexibility index (Phi) is 6.76. The van der Waals surface area contributed by atoms with Gasteiger partial charge in [-0.1, -0.05) is 11.8 Å². The van der Waals surface area contributed by atoms with E-state index < -0.39 is 64.4 Å². The van der Waals surface area contributed by atoms with Crippen LogP contribution in [0.2, 0.25) is 0 Å². The first-order valence-electron chi connectivity index (χ1n) is 12.0. The molecule has 192 valence electrons. The number of nitrogens with zero attached hydrogens (tertiary/aromatic N) is 2. The van der Waals surface area contributed by atoms with Crippen molar-refractivity contribution in [2.24, 2.45) is 29.4 Å². The normalized spacial score (nSPS) is 30.5. The first kappa shape index (κ1) is 26.2. The zero-order valence-electron chi connectivity index (χ0n) is 20.5. The minimum atomic E-state index is -2.75. The fourth-order valence-electron chi connectivity index (χ4n) is 6.14. The third kappa shape index (κ3) is 3.93. The van der Waals surface area contributed by atoms with Gasteiger partial charge in [0.1, 0.15) is 5.75 Å². The summed E-state index contributed by atoms with van der Waals surface area (Å²) in [7, 11) is 3.07. The van der Waals surface area contributed by atoms with Crippen molar-refractivity contribution in [3.63, 3.8) is 0 Å².